The second-order valence-electron chi connectivity index (χ2n) is 8.47. The van der Waals surface area contributed by atoms with Crippen LogP contribution < -0.4 is 16.0 Å². The fourth-order valence-corrected chi connectivity index (χ4v) is 4.04. The fourth-order valence-electron chi connectivity index (χ4n) is 4.04. The van der Waals surface area contributed by atoms with Crippen molar-refractivity contribution in [2.24, 2.45) is 16.8 Å². The zero-order valence-electron chi connectivity index (χ0n) is 17.4. The molecule has 3 aliphatic rings. The topological polar surface area (TPSA) is 84.0 Å². The van der Waals surface area contributed by atoms with E-state index < -0.39 is 0 Å². The van der Waals surface area contributed by atoms with Crippen LogP contribution in [-0.4, -0.2) is 64.0 Å². The first kappa shape index (κ1) is 21.4. The van der Waals surface area contributed by atoms with Gasteiger partial charge in [0, 0.05) is 58.0 Å². The van der Waals surface area contributed by atoms with Crippen LogP contribution in [0.25, 0.3) is 0 Å². The summed E-state index contributed by atoms with van der Waals surface area (Å²) in [6.07, 6.45) is 9.60. The summed E-state index contributed by atoms with van der Waals surface area (Å²) in [6.45, 7) is 4.21. The number of carbonyl (C=O) groups excluding carboxylic acids is 1. The van der Waals surface area contributed by atoms with Crippen molar-refractivity contribution in [1.29, 1.82) is 0 Å². The van der Waals surface area contributed by atoms with Gasteiger partial charge >= 0.3 is 0 Å². The molecule has 2 saturated carbocycles. The number of amides is 1. The molecule has 2 aliphatic carbocycles. The van der Waals surface area contributed by atoms with Crippen molar-refractivity contribution in [3.05, 3.63) is 0 Å². The van der Waals surface area contributed by atoms with Crippen LogP contribution in [0, 0.1) is 11.8 Å². The van der Waals surface area contributed by atoms with Crippen LogP contribution in [0.15, 0.2) is 4.99 Å². The number of hydrogen-bond donors (Lipinski definition) is 3. The molecule has 3 fully saturated rings. The Morgan fingerprint density at radius 3 is 2.64 bits per heavy atom. The molecule has 3 N–H and O–H groups in total. The van der Waals surface area contributed by atoms with Gasteiger partial charge in [-0.1, -0.05) is 6.42 Å². The van der Waals surface area contributed by atoms with Crippen molar-refractivity contribution in [3.8, 4) is 0 Å². The van der Waals surface area contributed by atoms with Crippen molar-refractivity contribution in [2.75, 3.05) is 40.0 Å². The molecule has 1 heterocycles. The molecular weight excluding hydrogens is 356 g/mol. The Bertz CT molecular complexity index is 504. The summed E-state index contributed by atoms with van der Waals surface area (Å²) in [6, 6.07) is 0.767. The van der Waals surface area contributed by atoms with Gasteiger partial charge in [-0.3, -0.25) is 9.79 Å². The molecule has 1 aliphatic heterocycles. The molecule has 160 valence electrons. The van der Waals surface area contributed by atoms with Crippen LogP contribution in [0.5, 0.6) is 0 Å². The Labute approximate surface area is 169 Å². The van der Waals surface area contributed by atoms with E-state index in [1.807, 2.05) is 0 Å². The first-order chi connectivity index (χ1) is 13.7. The normalized spacial score (nSPS) is 26.7. The largest absolute Gasteiger partial charge is 0.381 e. The van der Waals surface area contributed by atoms with E-state index in [0.29, 0.717) is 18.0 Å². The molecule has 7 nitrogen and oxygen atoms in total. The molecule has 7 heteroatoms. The number of guanidine groups is 1. The van der Waals surface area contributed by atoms with Gasteiger partial charge in [-0.2, -0.15) is 0 Å². The van der Waals surface area contributed by atoms with E-state index in [1.165, 1.54) is 0 Å². The van der Waals surface area contributed by atoms with Crippen molar-refractivity contribution in [2.45, 2.75) is 69.9 Å². The quantitative estimate of drug-likeness (QED) is 0.316. The van der Waals surface area contributed by atoms with Gasteiger partial charge in [0.2, 0.25) is 5.91 Å². The molecule has 1 saturated heterocycles. The second kappa shape index (κ2) is 11.6. The maximum atomic E-state index is 12.3. The standard InChI is InChI=1S/C21H38N4O3/c1-22-21(23-10-3-11-28-15-16-8-12-27-13-9-16)25-19-5-2-4-17(14-19)20(26)24-18-6-7-18/h16-19H,2-15H2,1H3,(H,24,26)(H2,22,23,25). The van der Waals surface area contributed by atoms with E-state index in [9.17, 15) is 4.79 Å². The number of aliphatic imine (C=N–C) groups is 1. The minimum absolute atomic E-state index is 0.142. The molecule has 2 atom stereocenters. The second-order valence-corrected chi connectivity index (χ2v) is 8.47. The lowest BCUT2D eigenvalue weighted by atomic mass is 9.85. The first-order valence-electron chi connectivity index (χ1n) is 11.2. The SMILES string of the molecule is CN=C(NCCCOCC1CCOCC1)NC1CCCC(C(=O)NC2CC2)C1. The number of carbonyl (C=O) groups is 1. The van der Waals surface area contributed by atoms with Crippen molar-refractivity contribution >= 4 is 11.9 Å². The highest BCUT2D eigenvalue weighted by Crippen LogP contribution is 2.26. The third-order valence-electron chi connectivity index (χ3n) is 5.99. The summed E-state index contributed by atoms with van der Waals surface area (Å²) >= 11 is 0. The number of nitrogens with zero attached hydrogens (tertiary/aromatic N) is 1. The monoisotopic (exact) mass is 394 g/mol. The minimum atomic E-state index is 0.142. The third-order valence-corrected chi connectivity index (χ3v) is 5.99. The Hall–Kier alpha value is -1.34. The van der Waals surface area contributed by atoms with Crippen LogP contribution in [0.2, 0.25) is 0 Å². The lowest BCUT2D eigenvalue weighted by Gasteiger charge is -2.30. The summed E-state index contributed by atoms with van der Waals surface area (Å²) in [5, 5.41) is 10.0. The van der Waals surface area contributed by atoms with E-state index in [1.54, 1.807) is 7.05 Å². The van der Waals surface area contributed by atoms with Crippen molar-refractivity contribution < 1.29 is 14.3 Å². The van der Waals surface area contributed by atoms with E-state index >= 15 is 0 Å². The van der Waals surface area contributed by atoms with E-state index in [-0.39, 0.29) is 11.8 Å². The number of rotatable bonds is 9. The summed E-state index contributed by atoms with van der Waals surface area (Å²) in [5.74, 6) is 1.88. The highest BCUT2D eigenvalue weighted by atomic mass is 16.5. The molecule has 2 unspecified atom stereocenters. The lowest BCUT2D eigenvalue weighted by molar-refractivity contribution is -0.126. The highest BCUT2D eigenvalue weighted by molar-refractivity contribution is 5.81. The molecule has 0 aromatic rings. The smallest absolute Gasteiger partial charge is 0.223 e. The zero-order valence-corrected chi connectivity index (χ0v) is 17.4. The van der Waals surface area contributed by atoms with Crippen LogP contribution >= 0.6 is 0 Å². The van der Waals surface area contributed by atoms with E-state index in [2.05, 4.69) is 20.9 Å². The maximum Gasteiger partial charge on any atom is 0.223 e. The van der Waals surface area contributed by atoms with Gasteiger partial charge in [-0.25, -0.2) is 0 Å². The lowest BCUT2D eigenvalue weighted by Crippen LogP contribution is -2.47. The third kappa shape index (κ3) is 7.59. The van der Waals surface area contributed by atoms with Gasteiger partial charge in [0.25, 0.3) is 0 Å². The van der Waals surface area contributed by atoms with Gasteiger partial charge < -0.3 is 25.4 Å². The predicted molar refractivity (Wildman–Crippen MR) is 110 cm³/mol. The number of nitrogens with one attached hydrogen (secondary N) is 3. The molecule has 3 rings (SSSR count). The average Bonchev–Trinajstić information content (AvgIpc) is 3.54. The molecule has 1 amide bonds. The van der Waals surface area contributed by atoms with Gasteiger partial charge in [-0.05, 0) is 57.3 Å². The number of ether oxygens (including phenoxy) is 2. The molecular formula is C21H38N4O3. The average molecular weight is 395 g/mol. The Morgan fingerprint density at radius 1 is 1.07 bits per heavy atom. The minimum Gasteiger partial charge on any atom is -0.381 e. The molecule has 28 heavy (non-hydrogen) atoms. The molecule has 0 spiro atoms. The Kier molecular flexibility index (Phi) is 8.86. The molecule has 0 bridgehead atoms. The van der Waals surface area contributed by atoms with Crippen LogP contribution in [0.4, 0.5) is 0 Å². The van der Waals surface area contributed by atoms with Crippen molar-refractivity contribution in [3.63, 3.8) is 0 Å². The zero-order chi connectivity index (χ0) is 19.6. The van der Waals surface area contributed by atoms with Crippen LogP contribution in [-0.2, 0) is 14.3 Å². The Morgan fingerprint density at radius 2 is 1.89 bits per heavy atom. The van der Waals surface area contributed by atoms with Gasteiger partial charge in [0.1, 0.15) is 0 Å². The fraction of sp³-hybridized carbons (Fsp3) is 0.905. The van der Waals surface area contributed by atoms with Gasteiger partial charge in [0.05, 0.1) is 0 Å². The highest BCUT2D eigenvalue weighted by Gasteiger charge is 2.31. The summed E-state index contributed by atoms with van der Waals surface area (Å²) in [5.41, 5.74) is 0. The maximum absolute atomic E-state index is 12.3. The predicted octanol–water partition coefficient (Wildman–Crippen LogP) is 1.82. The summed E-state index contributed by atoms with van der Waals surface area (Å²) in [4.78, 5) is 16.7. The Balaban J connectivity index is 1.26. The van der Waals surface area contributed by atoms with Gasteiger partial charge in [-0.15, -0.1) is 0 Å². The molecule has 0 radical (unpaired) electrons. The number of hydrogen-bond acceptors (Lipinski definition) is 4. The first-order valence-corrected chi connectivity index (χ1v) is 11.2. The van der Waals surface area contributed by atoms with Crippen molar-refractivity contribution in [1.82, 2.24) is 16.0 Å². The molecule has 0 aromatic carbocycles. The van der Waals surface area contributed by atoms with Crippen LogP contribution in [0.3, 0.4) is 0 Å². The van der Waals surface area contributed by atoms with Crippen LogP contribution in [0.1, 0.15) is 57.8 Å². The molecule has 0 aromatic heterocycles. The van der Waals surface area contributed by atoms with E-state index in [4.69, 9.17) is 9.47 Å². The van der Waals surface area contributed by atoms with E-state index in [0.717, 1.165) is 96.7 Å². The summed E-state index contributed by atoms with van der Waals surface area (Å²) in [7, 11) is 1.80. The van der Waals surface area contributed by atoms with Gasteiger partial charge in [0.15, 0.2) is 5.96 Å². The summed E-state index contributed by atoms with van der Waals surface area (Å²) < 4.78 is 11.2.